The maximum Gasteiger partial charge on any atom is 0.134 e. The second kappa shape index (κ2) is 11.0. The van der Waals surface area contributed by atoms with Crippen LogP contribution < -0.4 is 4.74 Å². The molecule has 1 spiro atoms. The van der Waals surface area contributed by atoms with E-state index in [1.165, 1.54) is 82.3 Å². The van der Waals surface area contributed by atoms with Gasteiger partial charge in [-0.1, -0.05) is 127 Å². The summed E-state index contributed by atoms with van der Waals surface area (Å²) in [6.07, 6.45) is 6.88. The largest absolute Gasteiger partial charge is 0.457 e. The van der Waals surface area contributed by atoms with Gasteiger partial charge in [0.05, 0.1) is 27.5 Å². The standard InChI is InChI=1S/C53H34N2O/c1-2-15-34(16-3-1)54-47-24-12-8-20-39(47)41-30-35(27-29-48(41)54)55-49-32-51-46(31-42(49)40-28-26-33-14-4-5-17-36(33)52(40)55)53(45-23-11-13-25-50(45)56-51)43-21-9-6-18-37(43)38-19-7-10-22-44(38)53/h1-6,8-18,20-32H,7,19H2. The fourth-order valence-electron chi connectivity index (χ4n) is 10.6. The highest BCUT2D eigenvalue weighted by Crippen LogP contribution is 2.63. The minimum Gasteiger partial charge on any atom is -0.457 e. The van der Waals surface area contributed by atoms with Gasteiger partial charge in [0.2, 0.25) is 0 Å². The number of hydrogen-bond acceptors (Lipinski definition) is 1. The van der Waals surface area contributed by atoms with Gasteiger partial charge in [0.25, 0.3) is 0 Å². The molecule has 1 aliphatic heterocycles. The predicted molar refractivity (Wildman–Crippen MR) is 231 cm³/mol. The zero-order valence-electron chi connectivity index (χ0n) is 30.5. The summed E-state index contributed by atoms with van der Waals surface area (Å²) in [5, 5.41) is 7.39. The molecule has 0 bridgehead atoms. The van der Waals surface area contributed by atoms with Crippen molar-refractivity contribution in [2.75, 3.05) is 0 Å². The average Bonchev–Trinajstić information content (AvgIpc) is 3.88. The van der Waals surface area contributed by atoms with Gasteiger partial charge >= 0.3 is 0 Å². The topological polar surface area (TPSA) is 19.1 Å². The van der Waals surface area contributed by atoms with Gasteiger partial charge in [0.1, 0.15) is 11.5 Å². The van der Waals surface area contributed by atoms with Crippen LogP contribution in [0.5, 0.6) is 11.5 Å². The normalized spacial score (nSPS) is 16.9. The Kier molecular flexibility index (Phi) is 5.94. The van der Waals surface area contributed by atoms with Crippen molar-refractivity contribution in [2.45, 2.75) is 18.3 Å². The van der Waals surface area contributed by atoms with Crippen LogP contribution in [0.4, 0.5) is 0 Å². The van der Waals surface area contributed by atoms with E-state index in [4.69, 9.17) is 4.74 Å². The lowest BCUT2D eigenvalue weighted by atomic mass is 9.64. The number of fused-ring (bicyclic) bond motifs is 16. The van der Waals surface area contributed by atoms with Crippen molar-refractivity contribution in [3.8, 4) is 22.9 Å². The minimum atomic E-state index is -0.481. The van der Waals surface area contributed by atoms with Gasteiger partial charge in [0, 0.05) is 55.5 Å². The van der Waals surface area contributed by atoms with E-state index in [0.717, 1.165) is 41.2 Å². The Morgan fingerprint density at radius 2 is 1.21 bits per heavy atom. The molecule has 3 heterocycles. The van der Waals surface area contributed by atoms with Crippen LogP contribution in [-0.2, 0) is 5.41 Å². The zero-order valence-corrected chi connectivity index (χ0v) is 30.5. The van der Waals surface area contributed by atoms with Crippen LogP contribution in [0.3, 0.4) is 0 Å². The summed E-state index contributed by atoms with van der Waals surface area (Å²) in [5.41, 5.74) is 14.5. The van der Waals surface area contributed by atoms with Crippen molar-refractivity contribution < 1.29 is 4.74 Å². The quantitative estimate of drug-likeness (QED) is 0.174. The summed E-state index contributed by atoms with van der Waals surface area (Å²) < 4.78 is 11.9. The van der Waals surface area contributed by atoms with Crippen molar-refractivity contribution in [1.29, 1.82) is 0 Å². The molecule has 10 aromatic rings. The lowest BCUT2D eigenvalue weighted by Gasteiger charge is -2.40. The van der Waals surface area contributed by atoms with Gasteiger partial charge in [-0.05, 0) is 89.0 Å². The fraction of sp³-hybridized carbons (Fsp3) is 0.0566. The molecular weight excluding hydrogens is 681 g/mol. The first-order chi connectivity index (χ1) is 27.8. The van der Waals surface area contributed by atoms with Gasteiger partial charge in [-0.15, -0.1) is 0 Å². The number of allylic oxidation sites excluding steroid dienone is 4. The molecule has 0 N–H and O–H groups in total. The number of benzene rings is 8. The van der Waals surface area contributed by atoms with Crippen molar-refractivity contribution >= 4 is 60.0 Å². The Bertz CT molecular complexity index is 3390. The Balaban J connectivity index is 1.16. The molecule has 3 aliphatic rings. The molecule has 2 aromatic heterocycles. The van der Waals surface area contributed by atoms with Crippen LogP contribution in [-0.4, -0.2) is 9.13 Å². The highest BCUT2D eigenvalue weighted by Gasteiger charge is 2.52. The van der Waals surface area contributed by atoms with Gasteiger partial charge in [-0.25, -0.2) is 0 Å². The highest BCUT2D eigenvalue weighted by atomic mass is 16.5. The van der Waals surface area contributed by atoms with Gasteiger partial charge < -0.3 is 13.9 Å². The second-order valence-corrected chi connectivity index (χ2v) is 15.5. The third-order valence-corrected chi connectivity index (χ3v) is 12.8. The Labute approximate surface area is 323 Å². The Morgan fingerprint density at radius 1 is 0.464 bits per heavy atom. The van der Waals surface area contributed by atoms with E-state index in [1.807, 2.05) is 0 Å². The lowest BCUT2D eigenvalue weighted by Crippen LogP contribution is -2.33. The second-order valence-electron chi connectivity index (χ2n) is 15.5. The zero-order chi connectivity index (χ0) is 36.5. The molecular formula is C53H34N2O. The first kappa shape index (κ1) is 30.3. The van der Waals surface area contributed by atoms with Gasteiger partial charge in [-0.2, -0.15) is 0 Å². The van der Waals surface area contributed by atoms with Crippen molar-refractivity contribution in [3.63, 3.8) is 0 Å². The van der Waals surface area contributed by atoms with E-state index in [9.17, 15) is 0 Å². The summed E-state index contributed by atoms with van der Waals surface area (Å²) in [5.74, 6) is 1.83. The molecule has 13 rings (SSSR count). The molecule has 1 unspecified atom stereocenters. The maximum atomic E-state index is 7.06. The van der Waals surface area contributed by atoms with Gasteiger partial charge in [-0.3, -0.25) is 0 Å². The van der Waals surface area contributed by atoms with Gasteiger partial charge in [0.15, 0.2) is 0 Å². The first-order valence-corrected chi connectivity index (χ1v) is 19.7. The Hall–Kier alpha value is -7.10. The van der Waals surface area contributed by atoms with Crippen LogP contribution in [0.15, 0.2) is 188 Å². The SMILES string of the molecule is C1=CC2=C(CC1)c1ccccc1C21c2ccccc2Oc2cc3c(cc21)c1ccc2ccccc2c1n3-c1ccc2c(c1)c1ccccc1n2-c1ccccc1. The van der Waals surface area contributed by atoms with Crippen molar-refractivity contribution in [3.05, 3.63) is 210 Å². The lowest BCUT2D eigenvalue weighted by molar-refractivity contribution is 0.436. The highest BCUT2D eigenvalue weighted by molar-refractivity contribution is 6.20. The number of hydrogen-bond donors (Lipinski definition) is 0. The van der Waals surface area contributed by atoms with Crippen LogP contribution in [0.2, 0.25) is 0 Å². The summed E-state index contributed by atoms with van der Waals surface area (Å²) in [6, 6.07) is 62.5. The summed E-state index contributed by atoms with van der Waals surface area (Å²) in [7, 11) is 0. The van der Waals surface area contributed by atoms with Crippen LogP contribution in [0, 0.1) is 0 Å². The number of para-hydroxylation sites is 3. The molecule has 1 atom stereocenters. The fourth-order valence-corrected chi connectivity index (χ4v) is 10.6. The Morgan fingerprint density at radius 3 is 2.14 bits per heavy atom. The molecule has 2 aliphatic carbocycles. The first-order valence-electron chi connectivity index (χ1n) is 19.7. The van der Waals surface area contributed by atoms with E-state index in [-0.39, 0.29) is 0 Å². The monoisotopic (exact) mass is 714 g/mol. The number of ether oxygens (including phenoxy) is 1. The van der Waals surface area contributed by atoms with Crippen molar-refractivity contribution in [2.24, 2.45) is 0 Å². The smallest absolute Gasteiger partial charge is 0.134 e. The molecule has 0 radical (unpaired) electrons. The van der Waals surface area contributed by atoms with E-state index < -0.39 is 5.41 Å². The molecule has 0 saturated carbocycles. The summed E-state index contributed by atoms with van der Waals surface area (Å²) >= 11 is 0. The van der Waals surface area contributed by atoms with Crippen molar-refractivity contribution in [1.82, 2.24) is 9.13 Å². The molecule has 8 aromatic carbocycles. The number of rotatable bonds is 2. The van der Waals surface area contributed by atoms with E-state index in [0.29, 0.717) is 0 Å². The minimum absolute atomic E-state index is 0.481. The summed E-state index contributed by atoms with van der Waals surface area (Å²) in [6.45, 7) is 0. The van der Waals surface area contributed by atoms with Crippen LogP contribution in [0.1, 0.15) is 35.1 Å². The molecule has 0 amide bonds. The summed E-state index contributed by atoms with van der Waals surface area (Å²) in [4.78, 5) is 0. The molecule has 262 valence electrons. The van der Waals surface area contributed by atoms with E-state index in [2.05, 4.69) is 191 Å². The molecule has 0 saturated heterocycles. The van der Waals surface area contributed by atoms with E-state index in [1.54, 1.807) is 0 Å². The molecule has 3 heteroatoms. The van der Waals surface area contributed by atoms with E-state index >= 15 is 0 Å². The number of nitrogens with zero attached hydrogens (tertiary/aromatic N) is 2. The molecule has 56 heavy (non-hydrogen) atoms. The predicted octanol–water partition coefficient (Wildman–Crippen LogP) is 13.6. The third kappa shape index (κ3) is 3.77. The van der Waals surface area contributed by atoms with Crippen LogP contribution in [0.25, 0.3) is 71.3 Å². The molecule has 0 fully saturated rings. The number of aromatic nitrogens is 2. The third-order valence-electron chi connectivity index (χ3n) is 12.8. The maximum absolute atomic E-state index is 7.06. The average molecular weight is 715 g/mol. The van der Waals surface area contributed by atoms with Crippen LogP contribution >= 0.6 is 0 Å². The molecule has 3 nitrogen and oxygen atoms in total.